The highest BCUT2D eigenvalue weighted by Gasteiger charge is 2.36. The molecule has 0 amide bonds. The summed E-state index contributed by atoms with van der Waals surface area (Å²) < 4.78 is 31.1. The molecule has 1 aliphatic heterocycles. The molecule has 5 heteroatoms. The number of hydrogen-bond donors (Lipinski definition) is 1. The summed E-state index contributed by atoms with van der Waals surface area (Å²) in [6.07, 6.45) is 1.18. The molecule has 3 aromatic rings. The van der Waals surface area contributed by atoms with E-state index in [1.54, 1.807) is 0 Å². The van der Waals surface area contributed by atoms with Gasteiger partial charge in [-0.15, -0.1) is 0 Å². The number of hydrogen-bond acceptors (Lipinski definition) is 4. The zero-order chi connectivity index (χ0) is 20.1. The molecule has 28 heavy (non-hydrogen) atoms. The highest BCUT2D eigenvalue weighted by Crippen LogP contribution is 2.47. The molecule has 4 nitrogen and oxygen atoms in total. The Bertz CT molecular complexity index is 1190. The fourth-order valence-electron chi connectivity index (χ4n) is 3.85. The topological polar surface area (TPSA) is 69.4 Å². The van der Waals surface area contributed by atoms with Crippen molar-refractivity contribution in [2.45, 2.75) is 25.7 Å². The van der Waals surface area contributed by atoms with Crippen molar-refractivity contribution < 1.29 is 13.2 Å². The third-order valence-corrected chi connectivity index (χ3v) is 6.51. The van der Waals surface area contributed by atoms with Crippen LogP contribution in [0.25, 0.3) is 10.8 Å². The number of nitrogens with two attached hydrogens (primary N) is 1. The summed E-state index contributed by atoms with van der Waals surface area (Å²) in [5, 5.41) is 1.94. The van der Waals surface area contributed by atoms with E-state index < -0.39 is 15.8 Å². The number of sulfone groups is 1. The van der Waals surface area contributed by atoms with Crippen LogP contribution in [0, 0.1) is 0 Å². The molecule has 0 bridgehead atoms. The highest BCUT2D eigenvalue weighted by atomic mass is 32.2. The maximum absolute atomic E-state index is 12.6. The van der Waals surface area contributed by atoms with Crippen molar-refractivity contribution in [3.63, 3.8) is 0 Å². The highest BCUT2D eigenvalue weighted by molar-refractivity contribution is 7.94. The Morgan fingerprint density at radius 2 is 1.64 bits per heavy atom. The van der Waals surface area contributed by atoms with Gasteiger partial charge >= 0.3 is 0 Å². The number of ether oxygens (including phenoxy) is 1. The van der Waals surface area contributed by atoms with Gasteiger partial charge in [0.15, 0.2) is 9.84 Å². The molecule has 144 valence electrons. The third-order valence-electron chi connectivity index (χ3n) is 5.27. The molecule has 1 atom stereocenters. The molecule has 3 aromatic carbocycles. The SMILES string of the molecule is CC(C)c1ccc(C2C(S(C)(=O)=O)=C(N)Oc3c2ccc2ccccc32)cc1. The molecule has 0 radical (unpaired) electrons. The minimum Gasteiger partial charge on any atom is -0.440 e. The lowest BCUT2D eigenvalue weighted by Gasteiger charge is -2.29. The van der Waals surface area contributed by atoms with Gasteiger partial charge < -0.3 is 10.5 Å². The first-order valence-electron chi connectivity index (χ1n) is 9.26. The monoisotopic (exact) mass is 393 g/mol. The quantitative estimate of drug-likeness (QED) is 0.703. The van der Waals surface area contributed by atoms with Crippen LogP contribution in [-0.2, 0) is 9.84 Å². The summed E-state index contributed by atoms with van der Waals surface area (Å²) in [6, 6.07) is 19.9. The Kier molecular flexibility index (Phi) is 4.42. The van der Waals surface area contributed by atoms with Gasteiger partial charge in [-0.3, -0.25) is 0 Å². The molecule has 1 aliphatic rings. The predicted molar refractivity (Wildman–Crippen MR) is 113 cm³/mol. The molecule has 2 N–H and O–H groups in total. The van der Waals surface area contributed by atoms with Gasteiger partial charge in [-0.2, -0.15) is 0 Å². The summed E-state index contributed by atoms with van der Waals surface area (Å²) >= 11 is 0. The average Bonchev–Trinajstić information content (AvgIpc) is 2.66. The second-order valence-corrected chi connectivity index (χ2v) is 9.55. The van der Waals surface area contributed by atoms with Crippen LogP contribution in [0.5, 0.6) is 5.75 Å². The van der Waals surface area contributed by atoms with Crippen LogP contribution in [0.15, 0.2) is 71.5 Å². The van der Waals surface area contributed by atoms with E-state index in [2.05, 4.69) is 13.8 Å². The number of benzene rings is 3. The van der Waals surface area contributed by atoms with Crippen molar-refractivity contribution in [1.82, 2.24) is 0 Å². The lowest BCUT2D eigenvalue weighted by atomic mass is 9.86. The first-order valence-corrected chi connectivity index (χ1v) is 11.2. The van der Waals surface area contributed by atoms with E-state index in [-0.39, 0.29) is 10.8 Å². The van der Waals surface area contributed by atoms with Crippen molar-refractivity contribution >= 4 is 20.6 Å². The van der Waals surface area contributed by atoms with E-state index in [4.69, 9.17) is 10.5 Å². The maximum Gasteiger partial charge on any atom is 0.206 e. The molecule has 0 aliphatic carbocycles. The van der Waals surface area contributed by atoms with E-state index in [9.17, 15) is 8.42 Å². The summed E-state index contributed by atoms with van der Waals surface area (Å²) in [5.41, 5.74) is 9.05. The van der Waals surface area contributed by atoms with Crippen LogP contribution in [0.1, 0.15) is 42.4 Å². The van der Waals surface area contributed by atoms with Crippen molar-refractivity contribution in [1.29, 1.82) is 0 Å². The predicted octanol–water partition coefficient (Wildman–Crippen LogP) is 4.66. The molecule has 1 unspecified atom stereocenters. The van der Waals surface area contributed by atoms with Crippen molar-refractivity contribution in [2.75, 3.05) is 6.26 Å². The third kappa shape index (κ3) is 3.06. The maximum atomic E-state index is 12.6. The van der Waals surface area contributed by atoms with E-state index in [1.165, 1.54) is 11.8 Å². The summed E-state index contributed by atoms with van der Waals surface area (Å²) in [4.78, 5) is 0.118. The number of rotatable bonds is 3. The van der Waals surface area contributed by atoms with Gasteiger partial charge in [-0.1, -0.05) is 74.5 Å². The van der Waals surface area contributed by atoms with E-state index in [0.29, 0.717) is 11.7 Å². The molecule has 0 saturated heterocycles. The lowest BCUT2D eigenvalue weighted by molar-refractivity contribution is 0.400. The normalized spacial score (nSPS) is 16.9. The smallest absolute Gasteiger partial charge is 0.206 e. The summed E-state index contributed by atoms with van der Waals surface area (Å²) in [6.45, 7) is 4.26. The van der Waals surface area contributed by atoms with E-state index >= 15 is 0 Å². The van der Waals surface area contributed by atoms with Crippen molar-refractivity contribution in [2.24, 2.45) is 5.73 Å². The minimum atomic E-state index is -3.57. The fraction of sp³-hybridized carbons (Fsp3) is 0.217. The lowest BCUT2D eigenvalue weighted by Crippen LogP contribution is -2.26. The van der Waals surface area contributed by atoms with Crippen LogP contribution in [0.4, 0.5) is 0 Å². The Morgan fingerprint density at radius 1 is 0.964 bits per heavy atom. The molecular formula is C23H23NO3S. The van der Waals surface area contributed by atoms with E-state index in [1.807, 2.05) is 60.7 Å². The number of fused-ring (bicyclic) bond motifs is 3. The van der Waals surface area contributed by atoms with Gasteiger partial charge in [0.25, 0.3) is 0 Å². The van der Waals surface area contributed by atoms with Crippen LogP contribution < -0.4 is 10.5 Å². The largest absolute Gasteiger partial charge is 0.440 e. The zero-order valence-electron chi connectivity index (χ0n) is 16.1. The Morgan fingerprint density at radius 3 is 2.29 bits per heavy atom. The van der Waals surface area contributed by atoms with Crippen LogP contribution >= 0.6 is 0 Å². The molecule has 1 heterocycles. The van der Waals surface area contributed by atoms with Crippen LogP contribution in [0.3, 0.4) is 0 Å². The molecule has 0 spiro atoms. The molecule has 0 saturated carbocycles. The molecular weight excluding hydrogens is 370 g/mol. The average molecular weight is 394 g/mol. The Labute approximate surface area is 165 Å². The van der Waals surface area contributed by atoms with Crippen LogP contribution in [0.2, 0.25) is 0 Å². The molecule has 0 fully saturated rings. The van der Waals surface area contributed by atoms with Gasteiger partial charge in [-0.25, -0.2) is 8.42 Å². The first-order chi connectivity index (χ1) is 13.3. The fourth-order valence-corrected chi connectivity index (χ4v) is 4.94. The Balaban J connectivity index is 1.99. The van der Waals surface area contributed by atoms with Gasteiger partial charge in [0.05, 0.1) is 5.92 Å². The standard InChI is InChI=1S/C23H23NO3S/c1-14(2)15-8-10-17(11-9-15)20-19-13-12-16-6-4-5-7-18(16)21(19)27-23(24)22(20)28(3,25)26/h4-14,20H,24H2,1-3H3. The zero-order valence-corrected chi connectivity index (χ0v) is 17.0. The number of allylic oxidation sites excluding steroid dienone is 1. The second kappa shape index (κ2) is 6.67. The van der Waals surface area contributed by atoms with Gasteiger partial charge in [0.2, 0.25) is 5.88 Å². The van der Waals surface area contributed by atoms with Crippen molar-refractivity contribution in [3.05, 3.63) is 88.1 Å². The van der Waals surface area contributed by atoms with Gasteiger partial charge in [-0.05, 0) is 22.4 Å². The second-order valence-electron chi connectivity index (χ2n) is 7.56. The summed E-state index contributed by atoms with van der Waals surface area (Å²) in [5.74, 6) is 0.477. The first kappa shape index (κ1) is 18.6. The van der Waals surface area contributed by atoms with Crippen LogP contribution in [-0.4, -0.2) is 14.7 Å². The molecule has 4 rings (SSSR count). The van der Waals surface area contributed by atoms with Gasteiger partial charge in [0, 0.05) is 17.2 Å². The molecule has 0 aromatic heterocycles. The summed E-state index contributed by atoms with van der Waals surface area (Å²) in [7, 11) is -3.57. The Hall–Kier alpha value is -2.79. The van der Waals surface area contributed by atoms with Crippen molar-refractivity contribution in [3.8, 4) is 5.75 Å². The minimum absolute atomic E-state index is 0.0516. The van der Waals surface area contributed by atoms with E-state index in [0.717, 1.165) is 21.9 Å². The van der Waals surface area contributed by atoms with Gasteiger partial charge in [0.1, 0.15) is 10.7 Å².